The van der Waals surface area contributed by atoms with Crippen LogP contribution in [0.3, 0.4) is 0 Å². The lowest BCUT2D eigenvalue weighted by atomic mass is 9.67. The van der Waals surface area contributed by atoms with E-state index in [0.717, 1.165) is 0 Å². The molecule has 2 aliphatic carbocycles. The first-order valence-electron chi connectivity index (χ1n) is 10.7. The van der Waals surface area contributed by atoms with Crippen molar-refractivity contribution in [2.45, 2.75) is 96.9 Å². The maximum absolute atomic E-state index is 3.57. The van der Waals surface area contributed by atoms with Crippen LogP contribution in [-0.2, 0) is 24.8 Å². The molecule has 2 heterocycles. The molecule has 2 heteroatoms. The lowest BCUT2D eigenvalue weighted by Crippen LogP contribution is -2.32. The van der Waals surface area contributed by atoms with Crippen LogP contribution < -0.4 is 0 Å². The van der Waals surface area contributed by atoms with Crippen molar-refractivity contribution in [3.05, 3.63) is 47.0 Å². The summed E-state index contributed by atoms with van der Waals surface area (Å²) in [6.07, 6.45) is 16.2. The topological polar surface area (TPSA) is 20.7 Å². The van der Waals surface area contributed by atoms with Gasteiger partial charge in [-0.25, -0.2) is 0 Å². The van der Waals surface area contributed by atoms with Crippen LogP contribution in [-0.4, -0.2) is 9.55 Å². The molecule has 0 amide bonds. The predicted molar refractivity (Wildman–Crippen MR) is 110 cm³/mol. The number of H-pyrrole nitrogens is 1. The molecule has 0 fully saturated rings. The van der Waals surface area contributed by atoms with Gasteiger partial charge >= 0.3 is 0 Å². The summed E-state index contributed by atoms with van der Waals surface area (Å²) in [6.45, 7) is 9.88. The Morgan fingerprint density at radius 2 is 1.73 bits per heavy atom. The number of aryl methyl sites for hydroxylation is 2. The van der Waals surface area contributed by atoms with Gasteiger partial charge in [0.05, 0.1) is 0 Å². The molecule has 1 N–H and O–H groups in total. The van der Waals surface area contributed by atoms with E-state index < -0.39 is 0 Å². The second-order valence-electron chi connectivity index (χ2n) is 10.0. The first-order valence-corrected chi connectivity index (χ1v) is 10.7. The van der Waals surface area contributed by atoms with Crippen molar-refractivity contribution in [1.29, 1.82) is 0 Å². The lowest BCUT2D eigenvalue weighted by molar-refractivity contribution is 0.188. The molecule has 0 aliphatic heterocycles. The summed E-state index contributed by atoms with van der Waals surface area (Å²) < 4.78 is 2.61. The van der Waals surface area contributed by atoms with E-state index in [9.17, 15) is 0 Å². The van der Waals surface area contributed by atoms with Gasteiger partial charge in [-0.2, -0.15) is 0 Å². The quantitative estimate of drug-likeness (QED) is 0.646. The standard InChI is InChI=1S/C24H36N2/c1-23(2,20-10-7-9-19-12-16-25-22(19)20)14-15-24(3,4)26-17-13-18-8-5-6-11-21(18)26/h12-13,16-17,20,25H,5-11,14-15H2,1-4H3. The van der Waals surface area contributed by atoms with Gasteiger partial charge in [0, 0.05) is 35.2 Å². The molecule has 2 aliphatic rings. The van der Waals surface area contributed by atoms with E-state index in [-0.39, 0.29) is 5.54 Å². The molecule has 142 valence electrons. The van der Waals surface area contributed by atoms with Crippen molar-refractivity contribution in [1.82, 2.24) is 9.55 Å². The van der Waals surface area contributed by atoms with Gasteiger partial charge in [0.15, 0.2) is 0 Å². The largest absolute Gasteiger partial charge is 0.365 e. The van der Waals surface area contributed by atoms with Crippen LogP contribution in [0.5, 0.6) is 0 Å². The molecule has 0 aromatic carbocycles. The second kappa shape index (κ2) is 6.62. The van der Waals surface area contributed by atoms with Gasteiger partial charge in [-0.3, -0.25) is 0 Å². The van der Waals surface area contributed by atoms with Crippen LogP contribution in [0.1, 0.15) is 94.7 Å². The van der Waals surface area contributed by atoms with Crippen molar-refractivity contribution in [3.8, 4) is 0 Å². The number of fused-ring (bicyclic) bond motifs is 2. The highest BCUT2D eigenvalue weighted by molar-refractivity contribution is 5.29. The molecule has 4 rings (SSSR count). The molecule has 0 bridgehead atoms. The Bertz CT molecular complexity index is 759. The lowest BCUT2D eigenvalue weighted by Gasteiger charge is -2.40. The van der Waals surface area contributed by atoms with Gasteiger partial charge in [0.25, 0.3) is 0 Å². The van der Waals surface area contributed by atoms with Gasteiger partial charge < -0.3 is 9.55 Å². The minimum absolute atomic E-state index is 0.204. The summed E-state index contributed by atoms with van der Waals surface area (Å²) >= 11 is 0. The smallest absolute Gasteiger partial charge is 0.0386 e. The summed E-state index contributed by atoms with van der Waals surface area (Å²) in [4.78, 5) is 3.57. The molecule has 26 heavy (non-hydrogen) atoms. The first-order chi connectivity index (χ1) is 12.4. The molecule has 2 aromatic heterocycles. The molecular formula is C24H36N2. The second-order valence-corrected chi connectivity index (χ2v) is 10.0. The number of hydrogen-bond donors (Lipinski definition) is 1. The first kappa shape index (κ1) is 17.9. The van der Waals surface area contributed by atoms with E-state index in [4.69, 9.17) is 0 Å². The fourth-order valence-electron chi connectivity index (χ4n) is 5.49. The van der Waals surface area contributed by atoms with E-state index in [2.05, 4.69) is 61.8 Å². The summed E-state index contributed by atoms with van der Waals surface area (Å²) in [6, 6.07) is 4.68. The van der Waals surface area contributed by atoms with Crippen molar-refractivity contribution in [2.75, 3.05) is 0 Å². The van der Waals surface area contributed by atoms with Crippen LogP contribution >= 0.6 is 0 Å². The number of rotatable bonds is 5. The molecule has 0 saturated heterocycles. The highest BCUT2D eigenvalue weighted by atomic mass is 15.0. The van der Waals surface area contributed by atoms with E-state index in [1.165, 1.54) is 63.5 Å². The highest BCUT2D eigenvalue weighted by Crippen LogP contribution is 2.47. The van der Waals surface area contributed by atoms with Crippen molar-refractivity contribution in [2.24, 2.45) is 5.41 Å². The average molecular weight is 353 g/mol. The van der Waals surface area contributed by atoms with Crippen molar-refractivity contribution < 1.29 is 0 Å². The zero-order chi connectivity index (χ0) is 18.4. The molecular weight excluding hydrogens is 316 g/mol. The van der Waals surface area contributed by atoms with E-state index in [1.54, 1.807) is 16.8 Å². The number of aromatic amines is 1. The minimum Gasteiger partial charge on any atom is -0.365 e. The zero-order valence-electron chi connectivity index (χ0n) is 17.2. The molecule has 1 atom stereocenters. The SMILES string of the molecule is CC(C)(CCC(C)(C)n1ccc2c1CCCC2)C1CCCc2cc[nH]c21. The monoisotopic (exact) mass is 352 g/mol. The maximum atomic E-state index is 3.57. The Labute approximate surface area is 159 Å². The Morgan fingerprint density at radius 1 is 0.962 bits per heavy atom. The van der Waals surface area contributed by atoms with Gasteiger partial charge in [-0.05, 0) is 100 Å². The Balaban J connectivity index is 1.50. The average Bonchev–Trinajstić information content (AvgIpc) is 3.26. The number of nitrogens with zero attached hydrogens (tertiary/aromatic N) is 1. The van der Waals surface area contributed by atoms with Crippen LogP contribution in [0.4, 0.5) is 0 Å². The number of hydrogen-bond acceptors (Lipinski definition) is 0. The summed E-state index contributed by atoms with van der Waals surface area (Å²) in [5.41, 5.74) is 6.85. The molecule has 0 radical (unpaired) electrons. The van der Waals surface area contributed by atoms with Gasteiger partial charge in [0.1, 0.15) is 0 Å². The highest BCUT2D eigenvalue weighted by Gasteiger charge is 2.36. The maximum Gasteiger partial charge on any atom is 0.0386 e. The Hall–Kier alpha value is -1.44. The zero-order valence-corrected chi connectivity index (χ0v) is 17.2. The molecule has 2 aromatic rings. The summed E-state index contributed by atoms with van der Waals surface area (Å²) in [7, 11) is 0. The predicted octanol–water partition coefficient (Wildman–Crippen LogP) is 6.36. The van der Waals surface area contributed by atoms with Crippen molar-refractivity contribution >= 4 is 0 Å². The normalized spacial score (nSPS) is 20.7. The van der Waals surface area contributed by atoms with Gasteiger partial charge in [0.2, 0.25) is 0 Å². The third kappa shape index (κ3) is 3.17. The molecule has 0 spiro atoms. The van der Waals surface area contributed by atoms with Crippen LogP contribution in [0.25, 0.3) is 0 Å². The fraction of sp³-hybridized carbons (Fsp3) is 0.667. The van der Waals surface area contributed by atoms with Gasteiger partial charge in [-0.15, -0.1) is 0 Å². The minimum atomic E-state index is 0.204. The van der Waals surface area contributed by atoms with Crippen LogP contribution in [0.2, 0.25) is 0 Å². The van der Waals surface area contributed by atoms with Crippen molar-refractivity contribution in [3.63, 3.8) is 0 Å². The molecule has 2 nitrogen and oxygen atoms in total. The number of aromatic nitrogens is 2. The van der Waals surface area contributed by atoms with E-state index >= 15 is 0 Å². The Morgan fingerprint density at radius 3 is 2.58 bits per heavy atom. The van der Waals surface area contributed by atoms with Gasteiger partial charge in [-0.1, -0.05) is 13.8 Å². The van der Waals surface area contributed by atoms with Crippen LogP contribution in [0, 0.1) is 5.41 Å². The number of nitrogens with one attached hydrogen (secondary N) is 1. The summed E-state index contributed by atoms with van der Waals surface area (Å²) in [5.74, 6) is 0.677. The van der Waals surface area contributed by atoms with Crippen LogP contribution in [0.15, 0.2) is 24.5 Å². The van der Waals surface area contributed by atoms with E-state index in [0.29, 0.717) is 11.3 Å². The Kier molecular flexibility index (Phi) is 4.57. The molecule has 0 saturated carbocycles. The van der Waals surface area contributed by atoms with E-state index in [1.807, 2.05) is 0 Å². The third-order valence-electron chi connectivity index (χ3n) is 7.33. The third-order valence-corrected chi connectivity index (χ3v) is 7.33. The summed E-state index contributed by atoms with van der Waals surface area (Å²) in [5, 5.41) is 0. The fourth-order valence-corrected chi connectivity index (χ4v) is 5.49. The molecule has 1 unspecified atom stereocenters.